The van der Waals surface area contributed by atoms with Crippen molar-refractivity contribution in [2.45, 2.75) is 115 Å². The van der Waals surface area contributed by atoms with E-state index in [9.17, 15) is 10.2 Å². The number of hydrogen-bond donors (Lipinski definition) is 3. The number of aliphatic hydroxyl groups is 3. The van der Waals surface area contributed by atoms with Crippen molar-refractivity contribution in [2.24, 2.45) is 0 Å². The Balaban J connectivity index is 1.82. The van der Waals surface area contributed by atoms with Gasteiger partial charge in [0.05, 0.1) is 13.2 Å². The second kappa shape index (κ2) is 17.4. The Hall–Kier alpha value is -0.460. The molecule has 28 heavy (non-hydrogen) atoms. The Labute approximate surface area is 172 Å². The zero-order valence-electron chi connectivity index (χ0n) is 17.9. The Morgan fingerprint density at radius 2 is 1.50 bits per heavy atom. The third kappa shape index (κ3) is 11.5. The van der Waals surface area contributed by atoms with Gasteiger partial charge < -0.3 is 24.8 Å². The Kier molecular flexibility index (Phi) is 15.9. The SMILES string of the molecule is CCC/C=C/CCCCCCCCCCCCO[C@@H]1CO[C@H]([C@@H](O)CO)[C@@H]1O. The van der Waals surface area contributed by atoms with E-state index >= 15 is 0 Å². The molecule has 1 aliphatic rings. The first-order valence-electron chi connectivity index (χ1n) is 11.6. The van der Waals surface area contributed by atoms with Crippen LogP contribution in [0.5, 0.6) is 0 Å². The summed E-state index contributed by atoms with van der Waals surface area (Å²) in [6.45, 7) is 2.69. The van der Waals surface area contributed by atoms with Gasteiger partial charge in [0.25, 0.3) is 0 Å². The fraction of sp³-hybridized carbons (Fsp3) is 0.913. The lowest BCUT2D eigenvalue weighted by atomic mass is 10.1. The van der Waals surface area contributed by atoms with Gasteiger partial charge in [0.15, 0.2) is 0 Å². The highest BCUT2D eigenvalue weighted by Crippen LogP contribution is 2.20. The van der Waals surface area contributed by atoms with E-state index in [1.807, 2.05) is 0 Å². The third-order valence-corrected chi connectivity index (χ3v) is 5.46. The molecular weight excluding hydrogens is 356 g/mol. The van der Waals surface area contributed by atoms with E-state index in [4.69, 9.17) is 14.6 Å². The summed E-state index contributed by atoms with van der Waals surface area (Å²) in [7, 11) is 0. The predicted octanol–water partition coefficient (Wildman–Crippen LogP) is 4.13. The molecule has 0 aromatic heterocycles. The Morgan fingerprint density at radius 1 is 0.929 bits per heavy atom. The van der Waals surface area contributed by atoms with Crippen molar-refractivity contribution in [3.63, 3.8) is 0 Å². The van der Waals surface area contributed by atoms with Crippen LogP contribution >= 0.6 is 0 Å². The minimum atomic E-state index is -1.05. The van der Waals surface area contributed by atoms with Gasteiger partial charge in [0.2, 0.25) is 0 Å². The molecule has 1 heterocycles. The number of allylic oxidation sites excluding steroid dienone is 2. The number of rotatable bonds is 18. The summed E-state index contributed by atoms with van der Waals surface area (Å²) in [6, 6.07) is 0. The Bertz CT molecular complexity index is 374. The molecule has 1 rings (SSSR count). The summed E-state index contributed by atoms with van der Waals surface area (Å²) in [4.78, 5) is 0. The topological polar surface area (TPSA) is 79.2 Å². The van der Waals surface area contributed by atoms with Crippen molar-refractivity contribution < 1.29 is 24.8 Å². The fourth-order valence-corrected chi connectivity index (χ4v) is 3.62. The molecule has 0 aliphatic carbocycles. The van der Waals surface area contributed by atoms with Crippen molar-refractivity contribution in [3.05, 3.63) is 12.2 Å². The second-order valence-corrected chi connectivity index (χ2v) is 8.03. The van der Waals surface area contributed by atoms with Crippen LogP contribution in [0.4, 0.5) is 0 Å². The third-order valence-electron chi connectivity index (χ3n) is 5.46. The molecule has 0 saturated carbocycles. The van der Waals surface area contributed by atoms with Crippen LogP contribution in [0, 0.1) is 0 Å². The Morgan fingerprint density at radius 3 is 2.11 bits per heavy atom. The van der Waals surface area contributed by atoms with Crippen molar-refractivity contribution in [1.29, 1.82) is 0 Å². The first kappa shape index (κ1) is 25.6. The monoisotopic (exact) mass is 400 g/mol. The minimum Gasteiger partial charge on any atom is -0.394 e. The van der Waals surface area contributed by atoms with Gasteiger partial charge in [-0.05, 0) is 25.7 Å². The minimum absolute atomic E-state index is 0.276. The van der Waals surface area contributed by atoms with E-state index in [1.165, 1.54) is 70.6 Å². The fourth-order valence-electron chi connectivity index (χ4n) is 3.62. The summed E-state index contributed by atoms with van der Waals surface area (Å²) in [6.07, 6.45) is 18.1. The summed E-state index contributed by atoms with van der Waals surface area (Å²) < 4.78 is 11.0. The van der Waals surface area contributed by atoms with Crippen molar-refractivity contribution in [1.82, 2.24) is 0 Å². The predicted molar refractivity (Wildman–Crippen MR) is 113 cm³/mol. The first-order valence-corrected chi connectivity index (χ1v) is 11.6. The number of ether oxygens (including phenoxy) is 2. The van der Waals surface area contributed by atoms with Crippen LogP contribution in [0.2, 0.25) is 0 Å². The summed E-state index contributed by atoms with van der Waals surface area (Å²) in [5.74, 6) is 0. The lowest BCUT2D eigenvalue weighted by Gasteiger charge is -2.20. The molecule has 0 spiro atoms. The van der Waals surface area contributed by atoms with E-state index in [0.29, 0.717) is 6.61 Å². The summed E-state index contributed by atoms with van der Waals surface area (Å²) in [5.41, 5.74) is 0. The van der Waals surface area contributed by atoms with Crippen LogP contribution in [-0.2, 0) is 9.47 Å². The molecule has 0 amide bonds. The molecule has 1 fully saturated rings. The van der Waals surface area contributed by atoms with Gasteiger partial charge in [-0.15, -0.1) is 0 Å². The van der Waals surface area contributed by atoms with Gasteiger partial charge in [0.1, 0.15) is 24.4 Å². The highest BCUT2D eigenvalue weighted by molar-refractivity contribution is 4.88. The largest absolute Gasteiger partial charge is 0.394 e. The van der Waals surface area contributed by atoms with Crippen LogP contribution in [0.15, 0.2) is 12.2 Å². The van der Waals surface area contributed by atoms with E-state index < -0.39 is 31.0 Å². The van der Waals surface area contributed by atoms with Crippen LogP contribution in [0.25, 0.3) is 0 Å². The van der Waals surface area contributed by atoms with Gasteiger partial charge in [-0.2, -0.15) is 0 Å². The molecule has 0 bridgehead atoms. The van der Waals surface area contributed by atoms with E-state index in [0.717, 1.165) is 12.8 Å². The van der Waals surface area contributed by atoms with Crippen LogP contribution in [-0.4, -0.2) is 59.6 Å². The van der Waals surface area contributed by atoms with Crippen LogP contribution in [0.1, 0.15) is 90.4 Å². The van der Waals surface area contributed by atoms with Gasteiger partial charge in [-0.25, -0.2) is 0 Å². The number of aliphatic hydroxyl groups excluding tert-OH is 3. The molecule has 5 nitrogen and oxygen atoms in total. The zero-order valence-corrected chi connectivity index (χ0v) is 17.9. The molecule has 5 heteroatoms. The normalized spacial score (nSPS) is 23.6. The van der Waals surface area contributed by atoms with Crippen molar-refractivity contribution >= 4 is 0 Å². The van der Waals surface area contributed by atoms with Crippen LogP contribution in [0.3, 0.4) is 0 Å². The molecule has 0 aromatic carbocycles. The second-order valence-electron chi connectivity index (χ2n) is 8.03. The van der Waals surface area contributed by atoms with E-state index in [1.54, 1.807) is 0 Å². The van der Waals surface area contributed by atoms with E-state index in [2.05, 4.69) is 19.1 Å². The maximum absolute atomic E-state index is 10.1. The highest BCUT2D eigenvalue weighted by Gasteiger charge is 2.40. The molecule has 0 aromatic rings. The van der Waals surface area contributed by atoms with Crippen molar-refractivity contribution in [2.75, 3.05) is 19.8 Å². The molecule has 1 saturated heterocycles. The average molecular weight is 401 g/mol. The zero-order chi connectivity index (χ0) is 20.5. The molecule has 166 valence electrons. The first-order chi connectivity index (χ1) is 13.7. The smallest absolute Gasteiger partial charge is 0.114 e. The van der Waals surface area contributed by atoms with Gasteiger partial charge >= 0.3 is 0 Å². The van der Waals surface area contributed by atoms with Gasteiger partial charge in [-0.3, -0.25) is 0 Å². The molecule has 4 atom stereocenters. The lowest BCUT2D eigenvalue weighted by Crippen LogP contribution is -2.41. The maximum Gasteiger partial charge on any atom is 0.114 e. The van der Waals surface area contributed by atoms with Gasteiger partial charge in [-0.1, -0.05) is 76.9 Å². The maximum atomic E-state index is 10.1. The summed E-state index contributed by atoms with van der Waals surface area (Å²) >= 11 is 0. The standard InChI is InChI=1S/C23H44O5/c1-2-3-4-5-6-7-8-9-10-11-12-13-14-15-16-17-27-21-19-28-23(22(21)26)20(25)18-24/h4-5,20-26H,2-3,6-19H2,1H3/b5-4+/t20-,21+,22+,23+/m0/s1. The number of hydrogen-bond acceptors (Lipinski definition) is 5. The average Bonchev–Trinajstić information content (AvgIpc) is 3.07. The van der Waals surface area contributed by atoms with E-state index in [-0.39, 0.29) is 6.61 Å². The molecule has 1 aliphatic heterocycles. The quantitative estimate of drug-likeness (QED) is 0.238. The molecule has 0 radical (unpaired) electrons. The molecule has 3 N–H and O–H groups in total. The van der Waals surface area contributed by atoms with Gasteiger partial charge in [0, 0.05) is 6.61 Å². The molecular formula is C23H44O5. The molecule has 0 unspecified atom stereocenters. The highest BCUT2D eigenvalue weighted by atomic mass is 16.6. The summed E-state index contributed by atoms with van der Waals surface area (Å²) in [5, 5.41) is 28.6. The van der Waals surface area contributed by atoms with Crippen molar-refractivity contribution in [3.8, 4) is 0 Å². The van der Waals surface area contributed by atoms with Crippen LogP contribution < -0.4 is 0 Å². The lowest BCUT2D eigenvalue weighted by molar-refractivity contribution is -0.0730. The number of unbranched alkanes of at least 4 members (excludes halogenated alkanes) is 11.